The summed E-state index contributed by atoms with van der Waals surface area (Å²) in [6.07, 6.45) is 5.01. The van der Waals surface area contributed by atoms with Crippen LogP contribution in [-0.2, 0) is 17.3 Å². The van der Waals surface area contributed by atoms with Gasteiger partial charge in [-0.25, -0.2) is 15.0 Å². The molecular formula is C23H25N7O2. The van der Waals surface area contributed by atoms with Gasteiger partial charge in [0, 0.05) is 38.9 Å². The number of anilines is 2. The standard InChI is InChI=1S/C23H25N7O2/c1-28-18-17(27-20(28)21(31)30-10-4-5-11-30)19(25-14-24-18)29-12-8-23(9-13-29)15-6-2-3-7-16(15)26-22(23)32/h2-3,6-7,14H,4-5,8-13H2,1H3,(H,26,32). The largest absolute Gasteiger partial charge is 0.355 e. The molecule has 0 unspecified atom stereocenters. The van der Waals surface area contributed by atoms with E-state index >= 15 is 0 Å². The number of fused-ring (bicyclic) bond motifs is 3. The van der Waals surface area contributed by atoms with Crippen molar-refractivity contribution in [3.05, 3.63) is 42.0 Å². The van der Waals surface area contributed by atoms with Gasteiger partial charge in [-0.1, -0.05) is 18.2 Å². The monoisotopic (exact) mass is 431 g/mol. The third-order valence-electron chi connectivity index (χ3n) is 7.26. The van der Waals surface area contributed by atoms with Crippen LogP contribution in [0.2, 0.25) is 0 Å². The number of carbonyl (C=O) groups is 2. The molecule has 9 heteroatoms. The number of piperidine rings is 1. The van der Waals surface area contributed by atoms with Crippen LogP contribution in [0.25, 0.3) is 11.2 Å². The molecule has 2 aromatic heterocycles. The molecule has 1 N–H and O–H groups in total. The van der Waals surface area contributed by atoms with E-state index in [1.165, 1.54) is 6.33 Å². The Labute approximate surface area is 185 Å². The van der Waals surface area contributed by atoms with E-state index in [1.807, 2.05) is 30.1 Å². The average Bonchev–Trinajstić information content (AvgIpc) is 3.53. The van der Waals surface area contributed by atoms with E-state index in [0.29, 0.717) is 42.9 Å². The lowest BCUT2D eigenvalue weighted by Crippen LogP contribution is -2.46. The van der Waals surface area contributed by atoms with Crippen molar-refractivity contribution in [1.82, 2.24) is 24.4 Å². The van der Waals surface area contributed by atoms with Crippen molar-refractivity contribution < 1.29 is 9.59 Å². The van der Waals surface area contributed by atoms with Crippen LogP contribution in [0, 0.1) is 0 Å². The fourth-order valence-electron chi connectivity index (χ4n) is 5.44. The van der Waals surface area contributed by atoms with Crippen LogP contribution in [0.15, 0.2) is 30.6 Å². The zero-order valence-corrected chi connectivity index (χ0v) is 18.0. The number of nitrogens with one attached hydrogen (secondary N) is 1. The number of rotatable bonds is 2. The smallest absolute Gasteiger partial charge is 0.289 e. The summed E-state index contributed by atoms with van der Waals surface area (Å²) in [6.45, 7) is 2.91. The highest BCUT2D eigenvalue weighted by atomic mass is 16.2. The Balaban J connectivity index is 1.31. The summed E-state index contributed by atoms with van der Waals surface area (Å²) >= 11 is 0. The molecule has 9 nitrogen and oxygen atoms in total. The van der Waals surface area contributed by atoms with Crippen molar-refractivity contribution in [2.45, 2.75) is 31.1 Å². The molecule has 1 spiro atoms. The second kappa shape index (κ2) is 7.01. The highest BCUT2D eigenvalue weighted by Gasteiger charge is 2.48. The van der Waals surface area contributed by atoms with Crippen molar-refractivity contribution in [2.24, 2.45) is 7.05 Å². The lowest BCUT2D eigenvalue weighted by molar-refractivity contribution is -0.121. The molecule has 5 heterocycles. The van der Waals surface area contributed by atoms with Crippen LogP contribution in [0.3, 0.4) is 0 Å². The van der Waals surface area contributed by atoms with E-state index in [4.69, 9.17) is 4.98 Å². The van der Waals surface area contributed by atoms with Crippen molar-refractivity contribution in [1.29, 1.82) is 0 Å². The minimum absolute atomic E-state index is 0.0502. The number of aromatic nitrogens is 4. The van der Waals surface area contributed by atoms with E-state index in [-0.39, 0.29) is 11.8 Å². The fraction of sp³-hybridized carbons (Fsp3) is 0.435. The molecule has 2 saturated heterocycles. The zero-order valence-electron chi connectivity index (χ0n) is 18.0. The summed E-state index contributed by atoms with van der Waals surface area (Å²) in [5.74, 6) is 1.17. The number of benzene rings is 1. The first-order chi connectivity index (χ1) is 15.6. The Morgan fingerprint density at radius 3 is 2.59 bits per heavy atom. The Bertz CT molecular complexity index is 1240. The van der Waals surface area contributed by atoms with Gasteiger partial charge in [-0.05, 0) is 37.3 Å². The second-order valence-electron chi connectivity index (χ2n) is 8.93. The first-order valence-electron chi connectivity index (χ1n) is 11.2. The molecule has 2 amide bonds. The van der Waals surface area contributed by atoms with Gasteiger partial charge in [0.05, 0.1) is 5.41 Å². The lowest BCUT2D eigenvalue weighted by atomic mass is 9.73. The molecule has 0 aliphatic carbocycles. The third kappa shape index (κ3) is 2.66. The SMILES string of the molecule is Cn1c(C(=O)N2CCCC2)nc2c(N3CCC4(CC3)C(=O)Nc3ccccc34)ncnc21. The Morgan fingerprint density at radius 2 is 1.81 bits per heavy atom. The molecule has 1 aromatic carbocycles. The molecule has 3 aliphatic heterocycles. The quantitative estimate of drug-likeness (QED) is 0.668. The van der Waals surface area contributed by atoms with Crippen molar-refractivity contribution in [3.63, 3.8) is 0 Å². The maximum Gasteiger partial charge on any atom is 0.289 e. The molecular weight excluding hydrogens is 406 g/mol. The van der Waals surface area contributed by atoms with E-state index < -0.39 is 5.41 Å². The number of aryl methyl sites for hydroxylation is 1. The van der Waals surface area contributed by atoms with Gasteiger partial charge in [0.15, 0.2) is 17.0 Å². The number of hydrogen-bond donors (Lipinski definition) is 1. The maximum atomic E-state index is 13.0. The molecule has 3 aromatic rings. The number of imidazole rings is 1. The highest BCUT2D eigenvalue weighted by Crippen LogP contribution is 2.45. The number of para-hydroxylation sites is 1. The molecule has 0 atom stereocenters. The van der Waals surface area contributed by atoms with Gasteiger partial charge in [-0.3, -0.25) is 9.59 Å². The predicted molar refractivity (Wildman–Crippen MR) is 120 cm³/mol. The van der Waals surface area contributed by atoms with Gasteiger partial charge in [-0.15, -0.1) is 0 Å². The predicted octanol–water partition coefficient (Wildman–Crippen LogP) is 2.09. The van der Waals surface area contributed by atoms with Crippen LogP contribution in [0.4, 0.5) is 11.5 Å². The molecule has 3 aliphatic rings. The van der Waals surface area contributed by atoms with E-state index in [1.54, 1.807) is 4.57 Å². The van der Waals surface area contributed by atoms with Crippen LogP contribution in [0.1, 0.15) is 41.9 Å². The van der Waals surface area contributed by atoms with Gasteiger partial charge in [-0.2, -0.15) is 0 Å². The normalized spacial score (nSPS) is 19.6. The first kappa shape index (κ1) is 19.2. The van der Waals surface area contributed by atoms with Crippen molar-refractivity contribution in [2.75, 3.05) is 36.4 Å². The number of hydrogen-bond acceptors (Lipinski definition) is 6. The number of nitrogens with zero attached hydrogens (tertiary/aromatic N) is 6. The fourth-order valence-corrected chi connectivity index (χ4v) is 5.44. The first-order valence-corrected chi connectivity index (χ1v) is 11.2. The van der Waals surface area contributed by atoms with Gasteiger partial charge in [0.2, 0.25) is 11.7 Å². The molecule has 32 heavy (non-hydrogen) atoms. The topological polar surface area (TPSA) is 96.2 Å². The van der Waals surface area contributed by atoms with E-state index in [9.17, 15) is 9.59 Å². The van der Waals surface area contributed by atoms with E-state index in [0.717, 1.165) is 43.0 Å². The van der Waals surface area contributed by atoms with Gasteiger partial charge in [0.1, 0.15) is 6.33 Å². The van der Waals surface area contributed by atoms with Crippen molar-refractivity contribution >= 4 is 34.5 Å². The molecule has 0 radical (unpaired) electrons. The number of carbonyl (C=O) groups excluding carboxylic acids is 2. The summed E-state index contributed by atoms with van der Waals surface area (Å²) in [6, 6.07) is 7.97. The zero-order chi connectivity index (χ0) is 21.9. The summed E-state index contributed by atoms with van der Waals surface area (Å²) < 4.78 is 1.77. The Morgan fingerprint density at radius 1 is 1.06 bits per heavy atom. The summed E-state index contributed by atoms with van der Waals surface area (Å²) in [5, 5.41) is 3.05. The minimum atomic E-state index is -0.486. The van der Waals surface area contributed by atoms with Crippen LogP contribution < -0.4 is 10.2 Å². The van der Waals surface area contributed by atoms with Crippen molar-refractivity contribution in [3.8, 4) is 0 Å². The van der Waals surface area contributed by atoms with Gasteiger partial charge in [0.25, 0.3) is 5.91 Å². The number of amides is 2. The molecule has 0 saturated carbocycles. The molecule has 164 valence electrons. The van der Waals surface area contributed by atoms with Gasteiger partial charge < -0.3 is 19.7 Å². The van der Waals surface area contributed by atoms with Crippen LogP contribution >= 0.6 is 0 Å². The second-order valence-corrected chi connectivity index (χ2v) is 8.93. The number of likely N-dealkylation sites (tertiary alicyclic amines) is 1. The average molecular weight is 432 g/mol. The third-order valence-corrected chi connectivity index (χ3v) is 7.26. The highest BCUT2D eigenvalue weighted by molar-refractivity contribution is 6.06. The molecule has 2 fully saturated rings. The summed E-state index contributed by atoms with van der Waals surface area (Å²) in [4.78, 5) is 43.5. The van der Waals surface area contributed by atoms with Crippen LogP contribution in [0.5, 0.6) is 0 Å². The van der Waals surface area contributed by atoms with Crippen LogP contribution in [-0.4, -0.2) is 62.4 Å². The molecule has 0 bridgehead atoms. The Hall–Kier alpha value is -3.49. The minimum Gasteiger partial charge on any atom is -0.355 e. The van der Waals surface area contributed by atoms with E-state index in [2.05, 4.69) is 26.3 Å². The van der Waals surface area contributed by atoms with Gasteiger partial charge >= 0.3 is 0 Å². The maximum absolute atomic E-state index is 13.0. The summed E-state index contributed by atoms with van der Waals surface area (Å²) in [5.41, 5.74) is 2.82. The Kier molecular flexibility index (Phi) is 4.21. The molecule has 6 rings (SSSR count). The lowest BCUT2D eigenvalue weighted by Gasteiger charge is -2.38. The summed E-state index contributed by atoms with van der Waals surface area (Å²) in [7, 11) is 1.83.